The van der Waals surface area contributed by atoms with Crippen molar-refractivity contribution in [2.75, 3.05) is 6.54 Å². The summed E-state index contributed by atoms with van der Waals surface area (Å²) in [5.41, 5.74) is 0.314. The third-order valence-corrected chi connectivity index (χ3v) is 3.60. The van der Waals surface area contributed by atoms with E-state index in [4.69, 9.17) is 11.6 Å². The van der Waals surface area contributed by atoms with E-state index in [9.17, 15) is 9.90 Å². The van der Waals surface area contributed by atoms with Crippen LogP contribution in [0.2, 0.25) is 5.02 Å². The van der Waals surface area contributed by atoms with Crippen molar-refractivity contribution in [2.45, 2.75) is 31.8 Å². The summed E-state index contributed by atoms with van der Waals surface area (Å²) >= 11 is 5.96. The third kappa shape index (κ3) is 2.94. The third-order valence-electron chi connectivity index (χ3n) is 3.27. The first-order valence-corrected chi connectivity index (χ1v) is 6.48. The van der Waals surface area contributed by atoms with Gasteiger partial charge in [-0.15, -0.1) is 0 Å². The summed E-state index contributed by atoms with van der Waals surface area (Å²) in [5, 5.41) is 16.0. The lowest BCUT2D eigenvalue weighted by atomic mass is 9.99. The van der Waals surface area contributed by atoms with Crippen LogP contribution >= 0.6 is 11.6 Å². The molecule has 0 saturated carbocycles. The molecule has 2 atom stereocenters. The van der Waals surface area contributed by atoms with Gasteiger partial charge in [0.1, 0.15) is 5.75 Å². The van der Waals surface area contributed by atoms with Gasteiger partial charge in [-0.2, -0.15) is 0 Å². The van der Waals surface area contributed by atoms with Gasteiger partial charge in [-0.3, -0.25) is 4.79 Å². The van der Waals surface area contributed by atoms with Gasteiger partial charge in [-0.1, -0.05) is 11.6 Å². The van der Waals surface area contributed by atoms with Gasteiger partial charge in [0.05, 0.1) is 10.6 Å². The van der Waals surface area contributed by atoms with Crippen molar-refractivity contribution >= 4 is 17.5 Å². The molecule has 1 fully saturated rings. The number of phenolic OH excluding ortho intramolecular Hbond substituents is 1. The van der Waals surface area contributed by atoms with Crippen molar-refractivity contribution < 1.29 is 9.90 Å². The van der Waals surface area contributed by atoms with E-state index in [1.54, 1.807) is 0 Å². The zero-order chi connectivity index (χ0) is 13.1. The highest BCUT2D eigenvalue weighted by atomic mass is 35.5. The Bertz CT molecular complexity index is 451. The van der Waals surface area contributed by atoms with Crippen molar-refractivity contribution in [3.8, 4) is 5.75 Å². The minimum atomic E-state index is -0.239. The van der Waals surface area contributed by atoms with E-state index in [0.29, 0.717) is 10.6 Å². The number of piperidine rings is 1. The van der Waals surface area contributed by atoms with Crippen LogP contribution in [-0.4, -0.2) is 29.6 Å². The number of halogens is 1. The summed E-state index contributed by atoms with van der Waals surface area (Å²) in [7, 11) is 0. The van der Waals surface area contributed by atoms with Crippen LogP contribution in [0.1, 0.15) is 30.1 Å². The number of carbonyl (C=O) groups excluding carboxylic acids is 1. The average molecular weight is 269 g/mol. The number of rotatable bonds is 2. The summed E-state index contributed by atoms with van der Waals surface area (Å²) < 4.78 is 0. The second-order valence-corrected chi connectivity index (χ2v) is 5.04. The Labute approximate surface area is 111 Å². The fourth-order valence-corrected chi connectivity index (χ4v) is 2.38. The Morgan fingerprint density at radius 2 is 2.33 bits per heavy atom. The van der Waals surface area contributed by atoms with E-state index in [2.05, 4.69) is 10.6 Å². The Hall–Kier alpha value is -1.26. The maximum atomic E-state index is 12.1. The lowest BCUT2D eigenvalue weighted by Gasteiger charge is -2.30. The zero-order valence-electron chi connectivity index (χ0n) is 10.2. The number of benzene rings is 1. The summed E-state index contributed by atoms with van der Waals surface area (Å²) in [6.45, 7) is 3.04. The molecule has 2 rings (SSSR count). The van der Waals surface area contributed by atoms with E-state index in [0.717, 1.165) is 19.4 Å². The van der Waals surface area contributed by atoms with E-state index in [1.165, 1.54) is 18.2 Å². The van der Waals surface area contributed by atoms with E-state index in [1.807, 2.05) is 6.92 Å². The number of aromatic hydroxyl groups is 1. The van der Waals surface area contributed by atoms with Gasteiger partial charge < -0.3 is 15.7 Å². The van der Waals surface area contributed by atoms with Gasteiger partial charge in [-0.05, 0) is 44.5 Å². The van der Waals surface area contributed by atoms with E-state index >= 15 is 0 Å². The minimum Gasteiger partial charge on any atom is -0.508 e. The number of hydrogen-bond acceptors (Lipinski definition) is 3. The van der Waals surface area contributed by atoms with Gasteiger partial charge in [0.15, 0.2) is 0 Å². The molecule has 2 unspecified atom stereocenters. The minimum absolute atomic E-state index is 0.0411. The van der Waals surface area contributed by atoms with Gasteiger partial charge >= 0.3 is 0 Å². The number of phenols is 1. The fourth-order valence-electron chi connectivity index (χ4n) is 2.17. The van der Waals surface area contributed by atoms with Crippen molar-refractivity contribution in [1.29, 1.82) is 0 Å². The van der Waals surface area contributed by atoms with E-state index in [-0.39, 0.29) is 23.7 Å². The highest BCUT2D eigenvalue weighted by Crippen LogP contribution is 2.21. The van der Waals surface area contributed by atoms with Crippen molar-refractivity contribution in [3.05, 3.63) is 28.8 Å². The summed E-state index contributed by atoms with van der Waals surface area (Å²) in [6, 6.07) is 4.72. The molecular weight excluding hydrogens is 252 g/mol. The molecule has 0 aromatic heterocycles. The lowest BCUT2D eigenvalue weighted by molar-refractivity contribution is 0.0919. The Morgan fingerprint density at radius 1 is 1.56 bits per heavy atom. The van der Waals surface area contributed by atoms with Crippen molar-refractivity contribution in [2.24, 2.45) is 0 Å². The lowest BCUT2D eigenvalue weighted by Crippen LogP contribution is -2.51. The van der Waals surface area contributed by atoms with Crippen LogP contribution in [0.4, 0.5) is 0 Å². The first-order valence-electron chi connectivity index (χ1n) is 6.10. The molecule has 1 aliphatic heterocycles. The smallest absolute Gasteiger partial charge is 0.253 e. The molecule has 1 aromatic carbocycles. The molecule has 0 radical (unpaired) electrons. The second kappa shape index (κ2) is 5.59. The Balaban J connectivity index is 2.09. The van der Waals surface area contributed by atoms with Gasteiger partial charge in [0, 0.05) is 12.1 Å². The summed E-state index contributed by atoms with van der Waals surface area (Å²) in [5.74, 6) is -0.198. The first kappa shape index (κ1) is 13.2. The summed E-state index contributed by atoms with van der Waals surface area (Å²) in [6.07, 6.45) is 2.00. The first-order chi connectivity index (χ1) is 8.58. The van der Waals surface area contributed by atoms with Gasteiger partial charge in [0.25, 0.3) is 5.91 Å². The summed E-state index contributed by atoms with van der Waals surface area (Å²) in [4.78, 5) is 12.1. The van der Waals surface area contributed by atoms with Crippen LogP contribution in [0.25, 0.3) is 0 Å². The molecule has 3 N–H and O–H groups in total. The maximum Gasteiger partial charge on any atom is 0.253 e. The number of hydrogen-bond donors (Lipinski definition) is 3. The van der Waals surface area contributed by atoms with Crippen LogP contribution in [0.15, 0.2) is 18.2 Å². The molecular formula is C13H17ClN2O2. The monoisotopic (exact) mass is 268 g/mol. The van der Waals surface area contributed by atoms with Gasteiger partial charge in [-0.25, -0.2) is 0 Å². The predicted molar refractivity (Wildman–Crippen MR) is 71.1 cm³/mol. The number of carbonyl (C=O) groups is 1. The van der Waals surface area contributed by atoms with Crippen LogP contribution < -0.4 is 10.6 Å². The SMILES string of the molecule is CC1NCCCC1NC(=O)c1cc(O)ccc1Cl. The molecule has 0 bridgehead atoms. The molecule has 4 nitrogen and oxygen atoms in total. The number of amides is 1. The van der Waals surface area contributed by atoms with E-state index < -0.39 is 0 Å². The molecule has 1 heterocycles. The second-order valence-electron chi connectivity index (χ2n) is 4.63. The Morgan fingerprint density at radius 3 is 3.06 bits per heavy atom. The van der Waals surface area contributed by atoms with Crippen LogP contribution in [0.5, 0.6) is 5.75 Å². The van der Waals surface area contributed by atoms with Crippen LogP contribution in [0.3, 0.4) is 0 Å². The molecule has 1 saturated heterocycles. The molecule has 1 aliphatic rings. The molecule has 1 aromatic rings. The molecule has 0 aliphatic carbocycles. The molecule has 1 amide bonds. The fraction of sp³-hybridized carbons (Fsp3) is 0.462. The van der Waals surface area contributed by atoms with Crippen molar-refractivity contribution in [3.63, 3.8) is 0 Å². The zero-order valence-corrected chi connectivity index (χ0v) is 11.0. The number of nitrogens with one attached hydrogen (secondary N) is 2. The van der Waals surface area contributed by atoms with Crippen LogP contribution in [0, 0.1) is 0 Å². The normalized spacial score (nSPS) is 23.7. The standard InChI is InChI=1S/C13H17ClN2O2/c1-8-12(3-2-6-15-8)16-13(18)10-7-9(17)4-5-11(10)14/h4-5,7-8,12,15,17H,2-3,6H2,1H3,(H,16,18). The topological polar surface area (TPSA) is 61.4 Å². The molecule has 5 heteroatoms. The quantitative estimate of drug-likeness (QED) is 0.768. The van der Waals surface area contributed by atoms with Crippen LogP contribution in [-0.2, 0) is 0 Å². The molecule has 18 heavy (non-hydrogen) atoms. The average Bonchev–Trinajstić information content (AvgIpc) is 2.35. The van der Waals surface area contributed by atoms with Gasteiger partial charge in [0.2, 0.25) is 0 Å². The largest absolute Gasteiger partial charge is 0.508 e. The molecule has 98 valence electrons. The maximum absolute atomic E-state index is 12.1. The highest BCUT2D eigenvalue weighted by Gasteiger charge is 2.23. The highest BCUT2D eigenvalue weighted by molar-refractivity contribution is 6.33. The predicted octanol–water partition coefficient (Wildman–Crippen LogP) is 1.92. The molecule has 0 spiro atoms. The Kier molecular flexibility index (Phi) is 4.09. The van der Waals surface area contributed by atoms with Crippen molar-refractivity contribution in [1.82, 2.24) is 10.6 Å².